The van der Waals surface area contributed by atoms with Crippen molar-refractivity contribution >= 4 is 11.5 Å². The summed E-state index contributed by atoms with van der Waals surface area (Å²) >= 11 is 0. The van der Waals surface area contributed by atoms with Crippen molar-refractivity contribution in [3.63, 3.8) is 0 Å². The minimum atomic E-state index is -0.754. The Morgan fingerprint density at radius 3 is 2.75 bits per heavy atom. The van der Waals surface area contributed by atoms with Crippen molar-refractivity contribution < 1.29 is 5.11 Å². The summed E-state index contributed by atoms with van der Waals surface area (Å²) in [5.74, 6) is 1.26. The molecule has 3 aromatic rings. The third kappa shape index (κ3) is 3.14. The Morgan fingerprint density at radius 2 is 2.11 bits per heavy atom. The van der Waals surface area contributed by atoms with Crippen LogP contribution in [0.15, 0.2) is 30.9 Å². The second-order valence-corrected chi connectivity index (χ2v) is 7.22. The first-order valence-electron chi connectivity index (χ1n) is 8.86. The summed E-state index contributed by atoms with van der Waals surface area (Å²) in [7, 11) is 1.86. The van der Waals surface area contributed by atoms with Gasteiger partial charge >= 0.3 is 0 Å². The van der Waals surface area contributed by atoms with Crippen LogP contribution in [0.3, 0.4) is 0 Å². The van der Waals surface area contributed by atoms with Crippen LogP contribution in [0.25, 0.3) is 22.9 Å². The Labute approximate surface area is 162 Å². The third-order valence-corrected chi connectivity index (χ3v) is 4.85. The van der Waals surface area contributed by atoms with Crippen LogP contribution in [0.2, 0.25) is 0 Å². The second-order valence-electron chi connectivity index (χ2n) is 7.22. The number of nitrogens with two attached hydrogens (primary N) is 1. The second kappa shape index (κ2) is 6.58. The Bertz CT molecular complexity index is 1080. The molecule has 3 N–H and O–H groups in total. The number of aromatic nitrogens is 5. The monoisotopic (exact) mass is 376 g/mol. The summed E-state index contributed by atoms with van der Waals surface area (Å²) in [5, 5.41) is 19.8. The van der Waals surface area contributed by atoms with Gasteiger partial charge in [-0.25, -0.2) is 15.0 Å². The zero-order chi connectivity index (χ0) is 19.9. The average Bonchev–Trinajstić information content (AvgIpc) is 3.26. The van der Waals surface area contributed by atoms with E-state index in [9.17, 15) is 10.4 Å². The molecule has 3 aromatic heterocycles. The molecule has 142 valence electrons. The number of nitrogen functional groups attached to an aromatic ring is 1. The SMILES string of the molecule is Cn1ccnc1-c1cc(N)c(C#N)c(-c2cncc(N3CCC(C)(O)C3)n2)n1. The van der Waals surface area contributed by atoms with E-state index in [0.29, 0.717) is 53.9 Å². The maximum absolute atomic E-state index is 10.2. The van der Waals surface area contributed by atoms with Crippen LogP contribution in [0, 0.1) is 11.3 Å². The fourth-order valence-corrected chi connectivity index (χ4v) is 3.36. The van der Waals surface area contributed by atoms with Crippen LogP contribution in [0.5, 0.6) is 0 Å². The molecule has 1 saturated heterocycles. The molecule has 0 spiro atoms. The van der Waals surface area contributed by atoms with Gasteiger partial charge in [0.15, 0.2) is 5.82 Å². The largest absolute Gasteiger partial charge is 0.398 e. The molecular weight excluding hydrogens is 356 g/mol. The molecule has 0 amide bonds. The summed E-state index contributed by atoms with van der Waals surface area (Å²) in [6.45, 7) is 2.95. The van der Waals surface area contributed by atoms with Gasteiger partial charge in [-0.2, -0.15) is 5.26 Å². The fraction of sp³-hybridized carbons (Fsp3) is 0.316. The zero-order valence-corrected chi connectivity index (χ0v) is 15.7. The van der Waals surface area contributed by atoms with Crippen molar-refractivity contribution in [2.75, 3.05) is 23.7 Å². The Balaban J connectivity index is 1.81. The fourth-order valence-electron chi connectivity index (χ4n) is 3.36. The predicted octanol–water partition coefficient (Wildman–Crippen LogP) is 1.35. The van der Waals surface area contributed by atoms with E-state index in [0.717, 1.165) is 0 Å². The Hall–Kier alpha value is -3.51. The van der Waals surface area contributed by atoms with Crippen molar-refractivity contribution in [2.24, 2.45) is 7.05 Å². The number of rotatable bonds is 3. The molecule has 9 nitrogen and oxygen atoms in total. The number of aryl methyl sites for hydroxylation is 1. The van der Waals surface area contributed by atoms with E-state index in [1.54, 1.807) is 31.6 Å². The first kappa shape index (κ1) is 17.9. The van der Waals surface area contributed by atoms with Gasteiger partial charge in [0.05, 0.1) is 23.7 Å². The van der Waals surface area contributed by atoms with Crippen LogP contribution in [-0.2, 0) is 7.05 Å². The first-order chi connectivity index (χ1) is 13.4. The van der Waals surface area contributed by atoms with Gasteiger partial charge in [0.2, 0.25) is 0 Å². The molecule has 0 saturated carbocycles. The van der Waals surface area contributed by atoms with E-state index >= 15 is 0 Å². The van der Waals surface area contributed by atoms with Gasteiger partial charge in [-0.05, 0) is 19.4 Å². The number of hydrogen-bond donors (Lipinski definition) is 2. The maximum Gasteiger partial charge on any atom is 0.158 e. The highest BCUT2D eigenvalue weighted by molar-refractivity contribution is 5.76. The van der Waals surface area contributed by atoms with Gasteiger partial charge in [0.25, 0.3) is 0 Å². The van der Waals surface area contributed by atoms with E-state index in [1.807, 2.05) is 22.7 Å². The number of pyridine rings is 1. The van der Waals surface area contributed by atoms with Gasteiger partial charge < -0.3 is 20.3 Å². The summed E-state index contributed by atoms with van der Waals surface area (Å²) in [6.07, 6.45) is 7.34. The zero-order valence-electron chi connectivity index (χ0n) is 15.7. The van der Waals surface area contributed by atoms with E-state index in [1.165, 1.54) is 0 Å². The van der Waals surface area contributed by atoms with Crippen LogP contribution < -0.4 is 10.6 Å². The lowest BCUT2D eigenvalue weighted by Gasteiger charge is -2.20. The molecule has 1 aliphatic heterocycles. The summed E-state index contributed by atoms with van der Waals surface area (Å²) in [5.41, 5.74) is 7.29. The maximum atomic E-state index is 10.2. The number of β-amino-alcohol motifs (C(OH)–C–C–N with tert-alkyl or cyclic N) is 1. The predicted molar refractivity (Wildman–Crippen MR) is 104 cm³/mol. The van der Waals surface area contributed by atoms with Crippen molar-refractivity contribution in [3.8, 4) is 29.0 Å². The van der Waals surface area contributed by atoms with Gasteiger partial charge in [-0.1, -0.05) is 0 Å². The molecule has 0 radical (unpaired) electrons. The number of nitriles is 1. The highest BCUT2D eigenvalue weighted by Gasteiger charge is 2.32. The van der Waals surface area contributed by atoms with Crippen molar-refractivity contribution in [1.29, 1.82) is 5.26 Å². The normalized spacial score (nSPS) is 19.0. The minimum absolute atomic E-state index is 0.248. The molecule has 0 bridgehead atoms. The molecule has 1 atom stereocenters. The highest BCUT2D eigenvalue weighted by Crippen LogP contribution is 2.30. The standard InChI is InChI=1S/C19H20N8O/c1-19(28)3-5-27(11-19)16-10-22-9-15(24-16)17-12(8-20)13(21)7-14(25-17)18-23-4-6-26(18)2/h4,6-7,9-10,28H,3,5,11H2,1-2H3,(H2,21,25). The van der Waals surface area contributed by atoms with E-state index in [2.05, 4.69) is 26.0 Å². The van der Waals surface area contributed by atoms with E-state index < -0.39 is 5.60 Å². The van der Waals surface area contributed by atoms with Crippen molar-refractivity contribution in [1.82, 2.24) is 24.5 Å². The Morgan fingerprint density at radius 1 is 1.29 bits per heavy atom. The number of anilines is 2. The molecule has 28 heavy (non-hydrogen) atoms. The van der Waals surface area contributed by atoms with Gasteiger partial charge in [-0.3, -0.25) is 4.98 Å². The van der Waals surface area contributed by atoms with E-state index in [-0.39, 0.29) is 5.56 Å². The first-order valence-corrected chi connectivity index (χ1v) is 8.86. The quantitative estimate of drug-likeness (QED) is 0.701. The van der Waals surface area contributed by atoms with Crippen LogP contribution in [0.4, 0.5) is 11.5 Å². The Kier molecular flexibility index (Phi) is 4.20. The van der Waals surface area contributed by atoms with Gasteiger partial charge in [0, 0.05) is 32.5 Å². The molecule has 9 heteroatoms. The number of nitrogens with zero attached hydrogens (tertiary/aromatic N) is 7. The molecule has 4 rings (SSSR count). The lowest BCUT2D eigenvalue weighted by molar-refractivity contribution is 0.0839. The molecule has 1 aliphatic rings. The topological polar surface area (TPSA) is 130 Å². The molecular formula is C19H20N8O. The molecule has 4 heterocycles. The van der Waals surface area contributed by atoms with Gasteiger partial charge in [0.1, 0.15) is 34.5 Å². The van der Waals surface area contributed by atoms with Crippen LogP contribution in [-0.4, -0.2) is 48.3 Å². The number of imidazole rings is 1. The minimum Gasteiger partial charge on any atom is -0.398 e. The van der Waals surface area contributed by atoms with Crippen molar-refractivity contribution in [3.05, 3.63) is 36.4 Å². The van der Waals surface area contributed by atoms with Crippen LogP contribution in [0.1, 0.15) is 18.9 Å². The molecule has 1 unspecified atom stereocenters. The highest BCUT2D eigenvalue weighted by atomic mass is 16.3. The average molecular weight is 376 g/mol. The lowest BCUT2D eigenvalue weighted by Crippen LogP contribution is -2.30. The summed E-state index contributed by atoms with van der Waals surface area (Å²) < 4.78 is 1.83. The smallest absolute Gasteiger partial charge is 0.158 e. The molecule has 0 aliphatic carbocycles. The van der Waals surface area contributed by atoms with Crippen LogP contribution >= 0.6 is 0 Å². The molecule has 1 fully saturated rings. The summed E-state index contributed by atoms with van der Waals surface area (Å²) in [6, 6.07) is 3.75. The van der Waals surface area contributed by atoms with Crippen molar-refractivity contribution in [2.45, 2.75) is 18.9 Å². The summed E-state index contributed by atoms with van der Waals surface area (Å²) in [4.78, 5) is 19.8. The van der Waals surface area contributed by atoms with Gasteiger partial charge in [-0.15, -0.1) is 0 Å². The molecule has 0 aromatic carbocycles. The lowest BCUT2D eigenvalue weighted by atomic mass is 10.1. The number of hydrogen-bond acceptors (Lipinski definition) is 8. The van der Waals surface area contributed by atoms with E-state index in [4.69, 9.17) is 5.73 Å². The third-order valence-electron chi connectivity index (χ3n) is 4.85. The number of aliphatic hydroxyl groups is 1.